The fourth-order valence-electron chi connectivity index (χ4n) is 3.04. The quantitative estimate of drug-likeness (QED) is 0.650. The zero-order chi connectivity index (χ0) is 11.4. The average Bonchev–Trinajstić information content (AvgIpc) is 2.25. The van der Waals surface area contributed by atoms with Gasteiger partial charge in [0.05, 0.1) is 6.10 Å². The van der Waals surface area contributed by atoms with Crippen LogP contribution in [0.25, 0.3) is 0 Å². The predicted molar refractivity (Wildman–Crippen MR) is 66.4 cm³/mol. The molecule has 0 aromatic rings. The van der Waals surface area contributed by atoms with E-state index in [4.69, 9.17) is 11.6 Å². The van der Waals surface area contributed by atoms with E-state index in [1.165, 1.54) is 38.5 Å². The van der Waals surface area contributed by atoms with Crippen LogP contribution in [0.4, 0.5) is 0 Å². The van der Waals surface area contributed by atoms with Crippen LogP contribution in [0.5, 0.6) is 0 Å². The van der Waals surface area contributed by atoms with E-state index in [0.717, 1.165) is 32.0 Å². The molecule has 1 aliphatic carbocycles. The molecule has 1 saturated carbocycles. The number of hydrogen-bond donors (Lipinski definition) is 0. The lowest BCUT2D eigenvalue weighted by Crippen LogP contribution is -2.42. The predicted octanol–water partition coefficient (Wildman–Crippen LogP) is 3.21. The summed E-state index contributed by atoms with van der Waals surface area (Å²) in [4.78, 5) is 2.56. The van der Waals surface area contributed by atoms with Crippen LogP contribution in [-0.4, -0.2) is 35.5 Å². The maximum atomic E-state index is 11.3. The number of hydrogen-bond acceptors (Lipinski definition) is 1. The van der Waals surface area contributed by atoms with Gasteiger partial charge in [-0.1, -0.05) is 12.8 Å². The Morgan fingerprint density at radius 1 is 0.875 bits per heavy atom. The summed E-state index contributed by atoms with van der Waals surface area (Å²) in [6.45, 7) is 2.06. The lowest BCUT2D eigenvalue weighted by Gasteiger charge is -2.37. The van der Waals surface area contributed by atoms with Crippen molar-refractivity contribution in [3.63, 3.8) is 0 Å². The van der Waals surface area contributed by atoms with E-state index in [9.17, 15) is 5.11 Å². The van der Waals surface area contributed by atoms with Crippen molar-refractivity contribution in [2.24, 2.45) is 0 Å². The first kappa shape index (κ1) is 12.7. The molecule has 2 rings (SSSR count). The highest BCUT2D eigenvalue weighted by atomic mass is 35.5. The van der Waals surface area contributed by atoms with Gasteiger partial charge in [-0.15, -0.1) is 11.6 Å². The van der Waals surface area contributed by atoms with Crippen LogP contribution in [0.3, 0.4) is 0 Å². The molecule has 0 aromatic heterocycles. The van der Waals surface area contributed by atoms with Gasteiger partial charge in [0.15, 0.2) is 0 Å². The molecule has 2 nitrogen and oxygen atoms in total. The molecule has 3 heteroatoms. The monoisotopic (exact) mass is 244 g/mol. The van der Waals surface area contributed by atoms with Gasteiger partial charge in [-0.25, -0.2) is 5.11 Å². The largest absolute Gasteiger partial charge is 0.300 e. The number of halogens is 1. The van der Waals surface area contributed by atoms with Gasteiger partial charge in [-0.05, 0) is 38.5 Å². The number of rotatable bonds is 1. The summed E-state index contributed by atoms with van der Waals surface area (Å²) in [5.74, 6) is 0. The summed E-state index contributed by atoms with van der Waals surface area (Å²) in [5, 5.41) is 11.7. The Labute approximate surface area is 104 Å². The van der Waals surface area contributed by atoms with Gasteiger partial charge in [0.1, 0.15) is 0 Å². The SMILES string of the molecule is [O]C1CCN(C2CCCC(Cl)CCC2)CC1. The summed E-state index contributed by atoms with van der Waals surface area (Å²) in [6, 6.07) is 0.733. The Kier molecular flexibility index (Phi) is 4.93. The molecule has 0 N–H and O–H groups in total. The van der Waals surface area contributed by atoms with Crippen molar-refractivity contribution in [2.45, 2.75) is 68.9 Å². The molecular formula is C13H23ClNO. The van der Waals surface area contributed by atoms with Crippen molar-refractivity contribution < 1.29 is 5.11 Å². The third-order valence-electron chi connectivity index (χ3n) is 4.10. The Hall–Kier alpha value is 0.210. The van der Waals surface area contributed by atoms with Crippen LogP contribution in [-0.2, 0) is 5.11 Å². The van der Waals surface area contributed by atoms with Crippen LogP contribution in [0, 0.1) is 0 Å². The van der Waals surface area contributed by atoms with Gasteiger partial charge in [-0.3, -0.25) is 0 Å². The summed E-state index contributed by atoms with van der Waals surface area (Å²) < 4.78 is 0. The molecule has 1 aliphatic heterocycles. The minimum atomic E-state index is -0.294. The fourth-order valence-corrected chi connectivity index (χ4v) is 3.35. The Bertz CT molecular complexity index is 194. The Balaban J connectivity index is 1.79. The first-order valence-electron chi connectivity index (χ1n) is 6.79. The second-order valence-corrected chi connectivity index (χ2v) is 5.97. The van der Waals surface area contributed by atoms with Gasteiger partial charge in [-0.2, -0.15) is 0 Å². The van der Waals surface area contributed by atoms with Crippen LogP contribution >= 0.6 is 11.6 Å². The molecule has 2 fully saturated rings. The van der Waals surface area contributed by atoms with Crippen LogP contribution in [0.2, 0.25) is 0 Å². The van der Waals surface area contributed by atoms with E-state index in [1.54, 1.807) is 0 Å². The Morgan fingerprint density at radius 2 is 1.44 bits per heavy atom. The summed E-state index contributed by atoms with van der Waals surface area (Å²) in [5.41, 5.74) is 0. The van der Waals surface area contributed by atoms with Gasteiger partial charge in [0.25, 0.3) is 0 Å². The highest BCUT2D eigenvalue weighted by molar-refractivity contribution is 6.20. The van der Waals surface area contributed by atoms with Crippen molar-refractivity contribution in [2.75, 3.05) is 13.1 Å². The van der Waals surface area contributed by atoms with E-state index in [-0.39, 0.29) is 6.10 Å². The standard InChI is InChI=1S/C13H23ClNO/c14-11-3-1-5-12(6-2-4-11)15-9-7-13(16)8-10-15/h11-13H,1-10H2. The van der Waals surface area contributed by atoms with E-state index >= 15 is 0 Å². The highest BCUT2D eigenvalue weighted by Gasteiger charge is 2.25. The van der Waals surface area contributed by atoms with E-state index in [1.807, 2.05) is 0 Å². The van der Waals surface area contributed by atoms with E-state index < -0.39 is 0 Å². The lowest BCUT2D eigenvalue weighted by atomic mass is 9.93. The van der Waals surface area contributed by atoms with Crippen molar-refractivity contribution in [3.8, 4) is 0 Å². The van der Waals surface area contributed by atoms with Gasteiger partial charge < -0.3 is 4.90 Å². The van der Waals surface area contributed by atoms with Crippen molar-refractivity contribution in [1.82, 2.24) is 4.90 Å². The molecule has 0 bridgehead atoms. The van der Waals surface area contributed by atoms with Crippen molar-refractivity contribution in [3.05, 3.63) is 0 Å². The maximum Gasteiger partial charge on any atom is 0.0954 e. The summed E-state index contributed by atoms with van der Waals surface area (Å²) >= 11 is 6.19. The molecule has 1 radical (unpaired) electrons. The van der Waals surface area contributed by atoms with Crippen molar-refractivity contribution in [1.29, 1.82) is 0 Å². The first-order chi connectivity index (χ1) is 7.75. The molecular weight excluding hydrogens is 222 g/mol. The molecule has 0 unspecified atom stereocenters. The minimum absolute atomic E-state index is 0.294. The van der Waals surface area contributed by atoms with Crippen LogP contribution in [0.15, 0.2) is 0 Å². The van der Waals surface area contributed by atoms with Gasteiger partial charge >= 0.3 is 0 Å². The second kappa shape index (κ2) is 6.23. The molecule has 2 aliphatic rings. The van der Waals surface area contributed by atoms with Gasteiger partial charge in [0.2, 0.25) is 0 Å². The van der Waals surface area contributed by atoms with Crippen molar-refractivity contribution >= 4 is 11.6 Å². The molecule has 16 heavy (non-hydrogen) atoms. The third-order valence-corrected chi connectivity index (χ3v) is 4.54. The zero-order valence-corrected chi connectivity index (χ0v) is 10.8. The topological polar surface area (TPSA) is 23.1 Å². The lowest BCUT2D eigenvalue weighted by molar-refractivity contribution is 0.0113. The fraction of sp³-hybridized carbons (Fsp3) is 1.00. The molecule has 0 amide bonds. The third kappa shape index (κ3) is 3.61. The molecule has 93 valence electrons. The first-order valence-corrected chi connectivity index (χ1v) is 7.23. The summed E-state index contributed by atoms with van der Waals surface area (Å²) in [6.07, 6.45) is 8.86. The smallest absolute Gasteiger partial charge is 0.0954 e. The van der Waals surface area contributed by atoms with Gasteiger partial charge in [0, 0.05) is 24.5 Å². The normalized spacial score (nSPS) is 35.6. The Morgan fingerprint density at radius 3 is 2.00 bits per heavy atom. The van der Waals surface area contributed by atoms with Crippen LogP contribution < -0.4 is 0 Å². The molecule has 0 spiro atoms. The highest BCUT2D eigenvalue weighted by Crippen LogP contribution is 2.26. The molecule has 0 atom stereocenters. The molecule has 1 saturated heterocycles. The molecule has 0 aromatic carbocycles. The number of likely N-dealkylation sites (tertiary alicyclic amines) is 1. The zero-order valence-electron chi connectivity index (χ0n) is 10.0. The van der Waals surface area contributed by atoms with Crippen LogP contribution in [0.1, 0.15) is 51.4 Å². The van der Waals surface area contributed by atoms with E-state index in [2.05, 4.69) is 4.90 Å². The summed E-state index contributed by atoms with van der Waals surface area (Å²) in [7, 11) is 0. The maximum absolute atomic E-state index is 11.3. The molecule has 1 heterocycles. The number of nitrogens with zero attached hydrogens (tertiary/aromatic N) is 1. The minimum Gasteiger partial charge on any atom is -0.300 e. The second-order valence-electron chi connectivity index (χ2n) is 5.35. The van der Waals surface area contributed by atoms with E-state index in [0.29, 0.717) is 5.38 Å². The average molecular weight is 245 g/mol. The number of piperidine rings is 1. The number of alkyl halides is 1.